The van der Waals surface area contributed by atoms with Gasteiger partial charge in [0.15, 0.2) is 0 Å². The lowest BCUT2D eigenvalue weighted by Gasteiger charge is -2.20. The Morgan fingerprint density at radius 1 is 0.441 bits per heavy atom. The minimum Gasteiger partial charge on any atom is -0.466 e. The molecule has 1 aliphatic heterocycles. The van der Waals surface area contributed by atoms with Gasteiger partial charge in [-0.15, -0.1) is 0 Å². The molecule has 0 saturated carbocycles. The van der Waals surface area contributed by atoms with E-state index in [-0.39, 0.29) is 23.9 Å². The van der Waals surface area contributed by atoms with Gasteiger partial charge in [0.05, 0.1) is 13.2 Å². The highest BCUT2D eigenvalue weighted by Gasteiger charge is 2.17. The van der Waals surface area contributed by atoms with Crippen molar-refractivity contribution in [2.75, 3.05) is 32.8 Å². The Kier molecular flexibility index (Phi) is 39.2. The highest BCUT2D eigenvalue weighted by Crippen LogP contribution is 2.23. The quantitative estimate of drug-likeness (QED) is 0.0486. The minimum absolute atomic E-state index is 0.0149. The molecule has 0 aromatic rings. The van der Waals surface area contributed by atoms with Gasteiger partial charge < -0.3 is 19.7 Å². The first-order valence-electron chi connectivity index (χ1n) is 26.2. The van der Waals surface area contributed by atoms with Crippen LogP contribution in [0.2, 0.25) is 0 Å². The van der Waals surface area contributed by atoms with Crippen molar-refractivity contribution >= 4 is 17.8 Å². The summed E-state index contributed by atoms with van der Waals surface area (Å²) in [6, 6.07) is 0.265. The van der Waals surface area contributed by atoms with E-state index in [0.29, 0.717) is 44.3 Å². The van der Waals surface area contributed by atoms with Crippen LogP contribution in [0, 0.1) is 11.8 Å². The van der Waals surface area contributed by atoms with Crippen LogP contribution in [0.5, 0.6) is 0 Å². The molecular formula is C52H100N2O5. The van der Waals surface area contributed by atoms with Gasteiger partial charge >= 0.3 is 11.9 Å². The smallest absolute Gasteiger partial charge is 0.305 e. The molecular weight excluding hydrogens is 733 g/mol. The second-order valence-electron chi connectivity index (χ2n) is 18.6. The van der Waals surface area contributed by atoms with Gasteiger partial charge in [-0.2, -0.15) is 0 Å². The summed E-state index contributed by atoms with van der Waals surface area (Å²) in [6.07, 6.45) is 42.4. The molecule has 0 radical (unpaired) electrons. The fourth-order valence-corrected chi connectivity index (χ4v) is 9.01. The van der Waals surface area contributed by atoms with E-state index in [2.05, 4.69) is 37.9 Å². The topological polar surface area (TPSA) is 84.9 Å². The van der Waals surface area contributed by atoms with E-state index >= 15 is 0 Å². The van der Waals surface area contributed by atoms with Crippen molar-refractivity contribution in [3.8, 4) is 0 Å². The van der Waals surface area contributed by atoms with E-state index < -0.39 is 0 Å². The summed E-state index contributed by atoms with van der Waals surface area (Å²) < 4.78 is 11.3. The van der Waals surface area contributed by atoms with Gasteiger partial charge in [0.2, 0.25) is 5.91 Å². The maximum Gasteiger partial charge on any atom is 0.305 e. The number of esters is 2. The molecule has 7 nitrogen and oxygen atoms in total. The van der Waals surface area contributed by atoms with Crippen LogP contribution in [0.4, 0.5) is 0 Å². The molecule has 1 rings (SSSR count). The van der Waals surface area contributed by atoms with Crippen molar-refractivity contribution in [3.63, 3.8) is 0 Å². The van der Waals surface area contributed by atoms with E-state index in [1.807, 2.05) is 0 Å². The standard InChI is InChI=1S/C52H100N2O5/c1-5-9-21-31-47(32-22-10-6-2)40-45-58-51(56)37-27-19-15-13-17-25-35-49(53-50(55)39-44-54-42-29-30-43-54)36-26-18-14-16-20-28-38-52(57)59-46-41-48(33-23-11-7-3)34-24-12-8-4/h47-49H,5-46H2,1-4H3,(H,53,55). The molecule has 0 bridgehead atoms. The summed E-state index contributed by atoms with van der Waals surface area (Å²) in [7, 11) is 0. The fraction of sp³-hybridized carbons (Fsp3) is 0.942. The third kappa shape index (κ3) is 35.6. The summed E-state index contributed by atoms with van der Waals surface area (Å²) in [5.74, 6) is 1.60. The van der Waals surface area contributed by atoms with Crippen LogP contribution < -0.4 is 5.32 Å². The number of unbranched alkanes of at least 4 members (excludes halogenated alkanes) is 18. The van der Waals surface area contributed by atoms with Gasteiger partial charge in [0, 0.05) is 31.8 Å². The first-order chi connectivity index (χ1) is 28.9. The molecule has 0 aromatic heterocycles. The zero-order valence-corrected chi connectivity index (χ0v) is 39.9. The van der Waals surface area contributed by atoms with Crippen LogP contribution in [0.1, 0.15) is 265 Å². The maximum absolute atomic E-state index is 12.9. The van der Waals surface area contributed by atoms with Crippen LogP contribution in [0.3, 0.4) is 0 Å². The second kappa shape index (κ2) is 41.7. The first-order valence-corrected chi connectivity index (χ1v) is 26.2. The molecule has 1 N–H and O–H groups in total. The van der Waals surface area contributed by atoms with E-state index in [1.54, 1.807) is 0 Å². The maximum atomic E-state index is 12.9. The number of hydrogen-bond acceptors (Lipinski definition) is 6. The average Bonchev–Trinajstić information content (AvgIpc) is 3.76. The monoisotopic (exact) mass is 833 g/mol. The molecule has 1 amide bonds. The summed E-state index contributed by atoms with van der Waals surface area (Å²) in [6.45, 7) is 13.4. The van der Waals surface area contributed by atoms with Crippen molar-refractivity contribution < 1.29 is 23.9 Å². The number of carbonyl (C=O) groups excluding carboxylic acids is 3. The lowest BCUT2D eigenvalue weighted by Crippen LogP contribution is -2.36. The summed E-state index contributed by atoms with van der Waals surface area (Å²) in [4.78, 5) is 40.1. The van der Waals surface area contributed by atoms with Gasteiger partial charge in [-0.25, -0.2) is 0 Å². The second-order valence-corrected chi connectivity index (χ2v) is 18.6. The molecule has 348 valence electrons. The predicted octanol–water partition coefficient (Wildman–Crippen LogP) is 14.6. The van der Waals surface area contributed by atoms with E-state index in [1.165, 1.54) is 141 Å². The Hall–Kier alpha value is -1.63. The first kappa shape index (κ1) is 55.4. The molecule has 59 heavy (non-hydrogen) atoms. The SMILES string of the molecule is CCCCCC(CCCCC)CCOC(=O)CCCCCCCCC(CCCCCCCCC(=O)OCCC(CCCCC)CCCCC)NC(=O)CCN1CCCC1. The number of hydrogen-bond donors (Lipinski definition) is 1. The molecule has 0 aromatic carbocycles. The average molecular weight is 833 g/mol. The Balaban J connectivity index is 2.25. The highest BCUT2D eigenvalue weighted by atomic mass is 16.5. The number of nitrogens with zero attached hydrogens (tertiary/aromatic N) is 1. The lowest BCUT2D eigenvalue weighted by molar-refractivity contribution is -0.145. The van der Waals surface area contributed by atoms with Gasteiger partial charge in [0.25, 0.3) is 0 Å². The zero-order chi connectivity index (χ0) is 42.9. The largest absolute Gasteiger partial charge is 0.466 e. The van der Waals surface area contributed by atoms with Crippen molar-refractivity contribution in [2.24, 2.45) is 11.8 Å². The number of ether oxygens (including phenoxy) is 2. The van der Waals surface area contributed by atoms with Crippen LogP contribution in [-0.2, 0) is 23.9 Å². The normalized spacial score (nSPS) is 13.3. The third-order valence-electron chi connectivity index (χ3n) is 13.0. The van der Waals surface area contributed by atoms with Crippen molar-refractivity contribution in [3.05, 3.63) is 0 Å². The number of likely N-dealkylation sites (tertiary alicyclic amines) is 1. The third-order valence-corrected chi connectivity index (χ3v) is 13.0. The van der Waals surface area contributed by atoms with Crippen molar-refractivity contribution in [1.82, 2.24) is 10.2 Å². The Labute approximate surface area is 366 Å². The molecule has 7 heteroatoms. The van der Waals surface area contributed by atoms with Crippen molar-refractivity contribution in [2.45, 2.75) is 271 Å². The summed E-state index contributed by atoms with van der Waals surface area (Å²) in [5, 5.41) is 3.42. The molecule has 1 saturated heterocycles. The molecule has 1 fully saturated rings. The molecule has 0 aliphatic carbocycles. The van der Waals surface area contributed by atoms with Crippen LogP contribution in [-0.4, -0.2) is 61.6 Å². The highest BCUT2D eigenvalue weighted by molar-refractivity contribution is 5.76. The van der Waals surface area contributed by atoms with Gasteiger partial charge in [-0.3, -0.25) is 14.4 Å². The van der Waals surface area contributed by atoms with Gasteiger partial charge in [-0.1, -0.05) is 195 Å². The van der Waals surface area contributed by atoms with E-state index in [4.69, 9.17) is 9.47 Å². The number of amides is 1. The molecule has 0 unspecified atom stereocenters. The molecule has 1 aliphatic rings. The van der Waals surface area contributed by atoms with Crippen LogP contribution >= 0.6 is 0 Å². The zero-order valence-electron chi connectivity index (χ0n) is 39.9. The fourth-order valence-electron chi connectivity index (χ4n) is 9.01. The number of nitrogens with one attached hydrogen (secondary N) is 1. The Morgan fingerprint density at radius 3 is 1.19 bits per heavy atom. The van der Waals surface area contributed by atoms with E-state index in [9.17, 15) is 14.4 Å². The van der Waals surface area contributed by atoms with Gasteiger partial charge in [0.1, 0.15) is 0 Å². The lowest BCUT2D eigenvalue weighted by atomic mass is 9.92. The molecule has 1 heterocycles. The summed E-state index contributed by atoms with van der Waals surface area (Å²) >= 11 is 0. The van der Waals surface area contributed by atoms with Gasteiger partial charge in [-0.05, 0) is 76.3 Å². The summed E-state index contributed by atoms with van der Waals surface area (Å²) in [5.41, 5.74) is 0. The van der Waals surface area contributed by atoms with Crippen LogP contribution in [0.15, 0.2) is 0 Å². The minimum atomic E-state index is -0.0149. The Morgan fingerprint density at radius 2 is 0.797 bits per heavy atom. The number of carbonyl (C=O) groups is 3. The van der Waals surface area contributed by atoms with Crippen molar-refractivity contribution in [1.29, 1.82) is 0 Å². The Bertz CT molecular complexity index is 875. The number of rotatable bonds is 44. The molecule has 0 spiro atoms. The molecule has 0 atom stereocenters. The predicted molar refractivity (Wildman–Crippen MR) is 251 cm³/mol. The van der Waals surface area contributed by atoms with Crippen LogP contribution in [0.25, 0.3) is 0 Å². The van der Waals surface area contributed by atoms with E-state index in [0.717, 1.165) is 96.7 Å².